The average Bonchev–Trinajstić information content (AvgIpc) is 3.05. The summed E-state index contributed by atoms with van der Waals surface area (Å²) < 4.78 is 0. The molecular formula is C16H31N3O2. The predicted molar refractivity (Wildman–Crippen MR) is 84.3 cm³/mol. The minimum Gasteiger partial charge on any atom is -0.392 e. The molecule has 2 N–H and O–H groups in total. The van der Waals surface area contributed by atoms with Gasteiger partial charge in [-0.05, 0) is 40.0 Å². The highest BCUT2D eigenvalue weighted by Crippen LogP contribution is 2.26. The van der Waals surface area contributed by atoms with Crippen LogP contribution in [-0.4, -0.2) is 64.8 Å². The highest BCUT2D eigenvalue weighted by atomic mass is 16.3. The van der Waals surface area contributed by atoms with Gasteiger partial charge in [0.25, 0.3) is 0 Å². The Morgan fingerprint density at radius 2 is 1.95 bits per heavy atom. The van der Waals surface area contributed by atoms with Crippen LogP contribution in [-0.2, 0) is 0 Å². The molecule has 2 atom stereocenters. The number of carbonyl (C=O) groups is 1. The van der Waals surface area contributed by atoms with Crippen LogP contribution in [0.15, 0.2) is 0 Å². The molecule has 0 aromatic heterocycles. The molecular weight excluding hydrogens is 266 g/mol. The van der Waals surface area contributed by atoms with E-state index in [0.717, 1.165) is 25.6 Å². The van der Waals surface area contributed by atoms with Gasteiger partial charge in [-0.25, -0.2) is 4.79 Å². The molecule has 1 aliphatic carbocycles. The van der Waals surface area contributed by atoms with Crippen LogP contribution in [0.1, 0.15) is 52.9 Å². The van der Waals surface area contributed by atoms with E-state index >= 15 is 0 Å². The maximum absolute atomic E-state index is 12.4. The number of urea groups is 1. The van der Waals surface area contributed by atoms with Crippen molar-refractivity contribution in [3.63, 3.8) is 0 Å². The van der Waals surface area contributed by atoms with Crippen LogP contribution in [0.5, 0.6) is 0 Å². The van der Waals surface area contributed by atoms with E-state index in [0.29, 0.717) is 6.54 Å². The zero-order valence-electron chi connectivity index (χ0n) is 13.7. The van der Waals surface area contributed by atoms with Crippen LogP contribution in [0, 0.1) is 0 Å². The number of nitrogens with zero attached hydrogens (tertiary/aromatic N) is 2. The summed E-state index contributed by atoms with van der Waals surface area (Å²) in [5.41, 5.74) is 0. The third kappa shape index (κ3) is 4.58. The van der Waals surface area contributed by atoms with E-state index in [4.69, 9.17) is 0 Å². The standard InChI is InChI=1S/C16H31N3O2/c1-12(2)19(10-13(3)20)16(21)17-14-8-9-18(11-14)15-6-4-5-7-15/h12-15,20H,4-11H2,1-3H3,(H,17,21). The van der Waals surface area contributed by atoms with Crippen molar-refractivity contribution >= 4 is 6.03 Å². The van der Waals surface area contributed by atoms with Crippen LogP contribution < -0.4 is 5.32 Å². The molecule has 122 valence electrons. The minimum absolute atomic E-state index is 0.0378. The van der Waals surface area contributed by atoms with Gasteiger partial charge in [0.15, 0.2) is 0 Å². The van der Waals surface area contributed by atoms with Gasteiger partial charge < -0.3 is 15.3 Å². The number of aliphatic hydroxyl groups excluding tert-OH is 1. The number of hydrogen-bond acceptors (Lipinski definition) is 3. The molecule has 0 bridgehead atoms. The van der Waals surface area contributed by atoms with E-state index in [-0.39, 0.29) is 18.1 Å². The van der Waals surface area contributed by atoms with Gasteiger partial charge in [-0.15, -0.1) is 0 Å². The Labute approximate surface area is 128 Å². The lowest BCUT2D eigenvalue weighted by Crippen LogP contribution is -2.50. The second-order valence-corrected chi connectivity index (χ2v) is 6.96. The fourth-order valence-electron chi connectivity index (χ4n) is 3.58. The molecule has 2 rings (SSSR count). The van der Waals surface area contributed by atoms with Gasteiger partial charge in [0.2, 0.25) is 0 Å². The first kappa shape index (κ1) is 16.6. The van der Waals surface area contributed by atoms with Crippen molar-refractivity contribution < 1.29 is 9.90 Å². The molecule has 1 heterocycles. The Kier molecular flexibility index (Phi) is 5.88. The van der Waals surface area contributed by atoms with Crippen LogP contribution in [0.2, 0.25) is 0 Å². The lowest BCUT2D eigenvalue weighted by atomic mass is 10.2. The lowest BCUT2D eigenvalue weighted by Gasteiger charge is -2.30. The monoisotopic (exact) mass is 297 g/mol. The Hall–Kier alpha value is -0.810. The van der Waals surface area contributed by atoms with Crippen molar-refractivity contribution in [3.8, 4) is 0 Å². The second-order valence-electron chi connectivity index (χ2n) is 6.96. The van der Waals surface area contributed by atoms with E-state index in [1.165, 1.54) is 25.7 Å². The Bertz CT molecular complexity index is 340. The predicted octanol–water partition coefficient (Wildman–Crippen LogP) is 1.80. The number of amides is 2. The van der Waals surface area contributed by atoms with Crippen molar-refractivity contribution in [2.45, 2.75) is 77.1 Å². The van der Waals surface area contributed by atoms with Crippen molar-refractivity contribution in [3.05, 3.63) is 0 Å². The van der Waals surface area contributed by atoms with E-state index in [1.54, 1.807) is 11.8 Å². The van der Waals surface area contributed by atoms with E-state index in [1.807, 2.05) is 13.8 Å². The molecule has 5 nitrogen and oxygen atoms in total. The summed E-state index contributed by atoms with van der Waals surface area (Å²) in [5.74, 6) is 0. The first-order valence-electron chi connectivity index (χ1n) is 8.46. The summed E-state index contributed by atoms with van der Waals surface area (Å²) in [6.07, 6.45) is 5.91. The van der Waals surface area contributed by atoms with E-state index in [9.17, 15) is 9.90 Å². The highest BCUT2D eigenvalue weighted by molar-refractivity contribution is 5.75. The Morgan fingerprint density at radius 3 is 2.52 bits per heavy atom. The first-order valence-corrected chi connectivity index (χ1v) is 8.46. The molecule has 2 amide bonds. The molecule has 0 aromatic rings. The lowest BCUT2D eigenvalue weighted by molar-refractivity contribution is 0.117. The fourth-order valence-corrected chi connectivity index (χ4v) is 3.58. The van der Waals surface area contributed by atoms with Crippen LogP contribution in [0.4, 0.5) is 4.79 Å². The molecule has 2 fully saturated rings. The third-order valence-corrected chi connectivity index (χ3v) is 4.73. The van der Waals surface area contributed by atoms with Gasteiger partial charge in [0.05, 0.1) is 6.10 Å². The van der Waals surface area contributed by atoms with Crippen LogP contribution in [0.25, 0.3) is 0 Å². The molecule has 1 saturated heterocycles. The van der Waals surface area contributed by atoms with Gasteiger partial charge in [-0.3, -0.25) is 4.90 Å². The highest BCUT2D eigenvalue weighted by Gasteiger charge is 2.31. The molecule has 21 heavy (non-hydrogen) atoms. The summed E-state index contributed by atoms with van der Waals surface area (Å²) in [7, 11) is 0. The van der Waals surface area contributed by atoms with Crippen molar-refractivity contribution in [1.29, 1.82) is 0 Å². The van der Waals surface area contributed by atoms with Gasteiger partial charge in [0, 0.05) is 37.8 Å². The van der Waals surface area contributed by atoms with Crippen molar-refractivity contribution in [2.75, 3.05) is 19.6 Å². The average molecular weight is 297 g/mol. The van der Waals surface area contributed by atoms with E-state index < -0.39 is 6.10 Å². The van der Waals surface area contributed by atoms with Crippen LogP contribution in [0.3, 0.4) is 0 Å². The van der Waals surface area contributed by atoms with Crippen molar-refractivity contribution in [1.82, 2.24) is 15.1 Å². The maximum atomic E-state index is 12.4. The summed E-state index contributed by atoms with van der Waals surface area (Å²) in [6, 6.07) is 1.06. The summed E-state index contributed by atoms with van der Waals surface area (Å²) in [4.78, 5) is 16.7. The number of nitrogens with one attached hydrogen (secondary N) is 1. The molecule has 5 heteroatoms. The normalized spacial score (nSPS) is 25.5. The molecule has 2 unspecified atom stereocenters. The van der Waals surface area contributed by atoms with E-state index in [2.05, 4.69) is 10.2 Å². The second kappa shape index (κ2) is 7.45. The quantitative estimate of drug-likeness (QED) is 0.813. The van der Waals surface area contributed by atoms with Gasteiger partial charge in [-0.1, -0.05) is 12.8 Å². The van der Waals surface area contributed by atoms with Gasteiger partial charge >= 0.3 is 6.03 Å². The summed E-state index contributed by atoms with van der Waals surface area (Å²) >= 11 is 0. The maximum Gasteiger partial charge on any atom is 0.317 e. The number of aliphatic hydroxyl groups is 1. The van der Waals surface area contributed by atoms with Crippen LogP contribution >= 0.6 is 0 Å². The molecule has 0 aromatic carbocycles. The largest absolute Gasteiger partial charge is 0.392 e. The van der Waals surface area contributed by atoms with Crippen molar-refractivity contribution in [2.24, 2.45) is 0 Å². The van der Waals surface area contributed by atoms with Gasteiger partial charge in [-0.2, -0.15) is 0 Å². The number of likely N-dealkylation sites (tertiary alicyclic amines) is 1. The fraction of sp³-hybridized carbons (Fsp3) is 0.938. The zero-order chi connectivity index (χ0) is 15.4. The molecule has 1 aliphatic heterocycles. The smallest absolute Gasteiger partial charge is 0.317 e. The van der Waals surface area contributed by atoms with Gasteiger partial charge in [0.1, 0.15) is 0 Å². The third-order valence-electron chi connectivity index (χ3n) is 4.73. The summed E-state index contributed by atoms with van der Waals surface area (Å²) in [5, 5.41) is 12.7. The molecule has 0 radical (unpaired) electrons. The Balaban J connectivity index is 1.81. The minimum atomic E-state index is -0.489. The summed E-state index contributed by atoms with van der Waals surface area (Å²) in [6.45, 7) is 8.18. The molecule has 1 saturated carbocycles. The number of rotatable bonds is 5. The topological polar surface area (TPSA) is 55.8 Å². The first-order chi connectivity index (χ1) is 9.97. The number of carbonyl (C=O) groups excluding carboxylic acids is 1. The Morgan fingerprint density at radius 1 is 1.29 bits per heavy atom. The SMILES string of the molecule is CC(O)CN(C(=O)NC1CCN(C2CCCC2)C1)C(C)C. The molecule has 2 aliphatic rings. The molecule has 0 spiro atoms. The zero-order valence-corrected chi connectivity index (χ0v) is 13.7. The number of hydrogen-bond donors (Lipinski definition) is 2.